The molecule has 0 amide bonds. The molecule has 4 atom stereocenters. The number of hydrogen-bond acceptors (Lipinski definition) is 7. The molecule has 3 N–H and O–H groups in total. The molecule has 0 spiro atoms. The first-order valence-electron chi connectivity index (χ1n) is 7.36. The zero-order valence-electron chi connectivity index (χ0n) is 12.6. The van der Waals surface area contributed by atoms with Gasteiger partial charge in [0.25, 0.3) is 0 Å². The van der Waals surface area contributed by atoms with Crippen LogP contribution in [0.3, 0.4) is 0 Å². The highest BCUT2D eigenvalue weighted by Crippen LogP contribution is 2.30. The molecule has 3 rings (SSSR count). The van der Waals surface area contributed by atoms with Crippen LogP contribution in [0.2, 0.25) is 0 Å². The molecule has 0 saturated carbocycles. The van der Waals surface area contributed by atoms with Gasteiger partial charge in [-0.2, -0.15) is 5.26 Å². The second-order valence-electron chi connectivity index (χ2n) is 5.47. The molecule has 1 aliphatic heterocycles. The molecule has 1 aromatic heterocycles. The van der Waals surface area contributed by atoms with Crippen molar-refractivity contribution in [2.24, 2.45) is 0 Å². The number of nitrogens with zero attached hydrogens (tertiary/aromatic N) is 2. The smallest absolute Gasteiger partial charge is 0.173 e. The molecule has 6 nitrogen and oxygen atoms in total. The molecule has 1 saturated heterocycles. The van der Waals surface area contributed by atoms with Gasteiger partial charge in [0.1, 0.15) is 18.0 Å². The summed E-state index contributed by atoms with van der Waals surface area (Å²) >= 11 is 1.23. The molecule has 0 aliphatic carbocycles. The van der Waals surface area contributed by atoms with Crippen molar-refractivity contribution in [3.8, 4) is 22.9 Å². The molecular formula is C17H16N2O4S. The summed E-state index contributed by atoms with van der Waals surface area (Å²) in [5.41, 5.74) is 1.47. The van der Waals surface area contributed by atoms with Gasteiger partial charge in [-0.3, -0.25) is 4.98 Å². The van der Waals surface area contributed by atoms with Crippen LogP contribution in [0.5, 0.6) is 5.75 Å². The second kappa shape index (κ2) is 7.20. The van der Waals surface area contributed by atoms with Crippen LogP contribution < -0.4 is 4.74 Å². The van der Waals surface area contributed by atoms with E-state index in [1.807, 2.05) is 6.07 Å². The molecule has 0 radical (unpaired) electrons. The standard InChI is InChI=1S/C17H16N2O4S/c18-6-10-2-1-3-11(4-10)12-5-13(8-19-7-12)23-17-16(22)15(21)14(20)9-24-17/h1-5,7-8,14-17,20-22H,9H2/t14-,15+,16-,17-/m1/s1. The average molecular weight is 344 g/mol. The highest BCUT2D eigenvalue weighted by molar-refractivity contribution is 7.99. The highest BCUT2D eigenvalue weighted by atomic mass is 32.2. The second-order valence-corrected chi connectivity index (χ2v) is 6.60. The minimum atomic E-state index is -1.24. The van der Waals surface area contributed by atoms with Crippen molar-refractivity contribution in [3.05, 3.63) is 48.3 Å². The summed E-state index contributed by atoms with van der Waals surface area (Å²) in [6, 6.07) is 11.0. The van der Waals surface area contributed by atoms with E-state index in [9.17, 15) is 15.3 Å². The fourth-order valence-electron chi connectivity index (χ4n) is 2.43. The summed E-state index contributed by atoms with van der Waals surface area (Å²) < 4.78 is 5.72. The lowest BCUT2D eigenvalue weighted by molar-refractivity contribution is -0.0786. The Kier molecular flexibility index (Phi) is 5.02. The third kappa shape index (κ3) is 3.52. The van der Waals surface area contributed by atoms with Gasteiger partial charge in [-0.1, -0.05) is 12.1 Å². The van der Waals surface area contributed by atoms with Crippen molar-refractivity contribution in [3.63, 3.8) is 0 Å². The molecule has 2 aromatic rings. The summed E-state index contributed by atoms with van der Waals surface area (Å²) in [7, 11) is 0. The maximum absolute atomic E-state index is 10.0. The first-order chi connectivity index (χ1) is 11.6. The van der Waals surface area contributed by atoms with Gasteiger partial charge in [0.15, 0.2) is 5.44 Å². The fourth-order valence-corrected chi connectivity index (χ4v) is 3.55. The summed E-state index contributed by atoms with van der Waals surface area (Å²) in [4.78, 5) is 4.13. The summed E-state index contributed by atoms with van der Waals surface area (Å²) in [6.45, 7) is 0. The van der Waals surface area contributed by atoms with E-state index in [2.05, 4.69) is 11.1 Å². The molecule has 1 aromatic carbocycles. The quantitative estimate of drug-likeness (QED) is 0.767. The largest absolute Gasteiger partial charge is 0.475 e. The fraction of sp³-hybridized carbons (Fsp3) is 0.294. The lowest BCUT2D eigenvalue weighted by Gasteiger charge is -2.34. The zero-order chi connectivity index (χ0) is 17.1. The van der Waals surface area contributed by atoms with Gasteiger partial charge in [0.05, 0.1) is 23.9 Å². The number of ether oxygens (including phenoxy) is 1. The number of hydrogen-bond donors (Lipinski definition) is 3. The van der Waals surface area contributed by atoms with Crippen molar-refractivity contribution in [2.45, 2.75) is 23.7 Å². The monoisotopic (exact) mass is 344 g/mol. The van der Waals surface area contributed by atoms with Crippen LogP contribution in [0.25, 0.3) is 11.1 Å². The van der Waals surface area contributed by atoms with Crippen LogP contribution >= 0.6 is 11.8 Å². The maximum atomic E-state index is 10.0. The zero-order valence-corrected chi connectivity index (χ0v) is 13.4. The van der Waals surface area contributed by atoms with Crippen molar-refractivity contribution >= 4 is 11.8 Å². The topological polar surface area (TPSA) is 107 Å². The first kappa shape index (κ1) is 16.7. The summed E-state index contributed by atoms with van der Waals surface area (Å²) in [5, 5.41) is 38.3. The van der Waals surface area contributed by atoms with E-state index in [1.54, 1.807) is 30.5 Å². The number of rotatable bonds is 3. The van der Waals surface area contributed by atoms with E-state index in [1.165, 1.54) is 18.0 Å². The summed E-state index contributed by atoms with van der Waals surface area (Å²) in [5.74, 6) is 0.718. The van der Waals surface area contributed by atoms with E-state index in [0.717, 1.165) is 11.1 Å². The van der Waals surface area contributed by atoms with Crippen LogP contribution in [0, 0.1) is 11.3 Å². The molecule has 2 heterocycles. The van der Waals surface area contributed by atoms with Gasteiger partial charge in [-0.15, -0.1) is 11.8 Å². The van der Waals surface area contributed by atoms with Crippen LogP contribution in [-0.4, -0.2) is 49.8 Å². The van der Waals surface area contributed by atoms with Gasteiger partial charge < -0.3 is 20.1 Å². The minimum Gasteiger partial charge on any atom is -0.475 e. The number of thioether (sulfide) groups is 1. The molecule has 7 heteroatoms. The van der Waals surface area contributed by atoms with Crippen molar-refractivity contribution in [1.82, 2.24) is 4.98 Å². The lowest BCUT2D eigenvalue weighted by atomic mass is 10.1. The third-order valence-corrected chi connectivity index (χ3v) is 4.98. The molecule has 124 valence electrons. The Morgan fingerprint density at radius 3 is 2.75 bits per heavy atom. The first-order valence-corrected chi connectivity index (χ1v) is 8.41. The van der Waals surface area contributed by atoms with Crippen molar-refractivity contribution in [2.75, 3.05) is 5.75 Å². The van der Waals surface area contributed by atoms with Crippen LogP contribution in [0.15, 0.2) is 42.7 Å². The number of aliphatic hydroxyl groups excluding tert-OH is 3. The Morgan fingerprint density at radius 1 is 1.12 bits per heavy atom. The van der Waals surface area contributed by atoms with Gasteiger partial charge >= 0.3 is 0 Å². The van der Waals surface area contributed by atoms with Crippen molar-refractivity contribution in [1.29, 1.82) is 5.26 Å². The van der Waals surface area contributed by atoms with Gasteiger partial charge in [0, 0.05) is 17.5 Å². The Morgan fingerprint density at radius 2 is 1.96 bits per heavy atom. The van der Waals surface area contributed by atoms with E-state index >= 15 is 0 Å². The number of benzene rings is 1. The molecule has 0 bridgehead atoms. The van der Waals surface area contributed by atoms with Crippen LogP contribution in [0.1, 0.15) is 5.56 Å². The van der Waals surface area contributed by atoms with E-state index in [4.69, 9.17) is 10.00 Å². The van der Waals surface area contributed by atoms with Gasteiger partial charge in [-0.25, -0.2) is 0 Å². The molecule has 1 aliphatic rings. The number of pyridine rings is 1. The lowest BCUT2D eigenvalue weighted by Crippen LogP contribution is -2.50. The van der Waals surface area contributed by atoms with Gasteiger partial charge in [0.2, 0.25) is 0 Å². The Bertz CT molecular complexity index is 764. The van der Waals surface area contributed by atoms with Gasteiger partial charge in [-0.05, 0) is 23.8 Å². The average Bonchev–Trinajstić information content (AvgIpc) is 2.62. The number of aliphatic hydroxyl groups is 3. The predicted octanol–water partition coefficient (Wildman–Crippen LogP) is 1.15. The Balaban J connectivity index is 1.80. The molecule has 1 fully saturated rings. The minimum absolute atomic E-state index is 0.278. The normalized spacial score (nSPS) is 26.6. The summed E-state index contributed by atoms with van der Waals surface area (Å²) in [6.07, 6.45) is -0.221. The third-order valence-electron chi connectivity index (χ3n) is 3.74. The molecule has 24 heavy (non-hydrogen) atoms. The van der Waals surface area contributed by atoms with E-state index < -0.39 is 23.7 Å². The van der Waals surface area contributed by atoms with E-state index in [-0.39, 0.29) is 5.75 Å². The molecular weight excluding hydrogens is 328 g/mol. The van der Waals surface area contributed by atoms with Crippen molar-refractivity contribution < 1.29 is 20.1 Å². The predicted molar refractivity (Wildman–Crippen MR) is 89.3 cm³/mol. The number of aromatic nitrogens is 1. The van der Waals surface area contributed by atoms with E-state index in [0.29, 0.717) is 11.3 Å². The maximum Gasteiger partial charge on any atom is 0.173 e. The Labute approximate surface area is 143 Å². The SMILES string of the molecule is N#Cc1cccc(-c2cncc(O[C@@H]3SC[C@@H](O)[C@H](O)[C@H]3O)c2)c1. The highest BCUT2D eigenvalue weighted by Gasteiger charge is 2.38. The van der Waals surface area contributed by atoms with Crippen LogP contribution in [0.4, 0.5) is 0 Å². The number of nitriles is 1. The molecule has 0 unspecified atom stereocenters. The van der Waals surface area contributed by atoms with Crippen LogP contribution in [-0.2, 0) is 0 Å². The Hall–Kier alpha value is -2.11.